The molecule has 0 heterocycles. The van der Waals surface area contributed by atoms with Gasteiger partial charge in [0.05, 0.1) is 6.61 Å². The predicted molar refractivity (Wildman–Crippen MR) is 88.1 cm³/mol. The molecule has 0 amide bonds. The quantitative estimate of drug-likeness (QED) is 0.195. The molecule has 0 aliphatic rings. The van der Waals surface area contributed by atoms with Gasteiger partial charge in [-0.2, -0.15) is 0 Å². The molecule has 0 saturated heterocycles. The Morgan fingerprint density at radius 3 is 2.17 bits per heavy atom. The van der Waals surface area contributed by atoms with Crippen LogP contribution in [0.5, 0.6) is 11.5 Å². The Morgan fingerprint density at radius 2 is 1.58 bits per heavy atom. The van der Waals surface area contributed by atoms with Crippen LogP contribution in [0.1, 0.15) is 17.3 Å². The van der Waals surface area contributed by atoms with Crippen molar-refractivity contribution in [3.8, 4) is 11.5 Å². The van der Waals surface area contributed by atoms with Crippen molar-refractivity contribution in [1.82, 2.24) is 0 Å². The molecule has 0 aromatic heterocycles. The standard InChI is InChI=1S/C19H16O5/c1-2-23-19(22)15(13-20)12-18(21)14-8-10-17(11-9-14)24-16-6-4-3-5-7-16/h3-13H,2H2,1H3/b15-12+. The molecule has 0 aliphatic heterocycles. The molecule has 0 saturated carbocycles. The average Bonchev–Trinajstić information content (AvgIpc) is 2.61. The maximum atomic E-state index is 12.1. The van der Waals surface area contributed by atoms with E-state index in [1.807, 2.05) is 30.3 Å². The van der Waals surface area contributed by atoms with Gasteiger partial charge in [0.1, 0.15) is 17.1 Å². The number of carbonyl (C=O) groups is 3. The van der Waals surface area contributed by atoms with E-state index in [9.17, 15) is 14.4 Å². The van der Waals surface area contributed by atoms with E-state index in [1.54, 1.807) is 31.2 Å². The second kappa shape index (κ2) is 8.43. The summed E-state index contributed by atoms with van der Waals surface area (Å²) in [6, 6.07) is 15.6. The molecule has 122 valence electrons. The summed E-state index contributed by atoms with van der Waals surface area (Å²) in [5.41, 5.74) is 0.0190. The van der Waals surface area contributed by atoms with Gasteiger partial charge in [0, 0.05) is 11.6 Å². The molecular formula is C19H16O5. The predicted octanol–water partition coefficient (Wildman–Crippen LogP) is 3.35. The second-order valence-electron chi connectivity index (χ2n) is 4.74. The molecular weight excluding hydrogens is 308 g/mol. The van der Waals surface area contributed by atoms with Crippen molar-refractivity contribution < 1.29 is 23.9 Å². The topological polar surface area (TPSA) is 69.7 Å². The van der Waals surface area contributed by atoms with Crippen LogP contribution in [0.2, 0.25) is 0 Å². The van der Waals surface area contributed by atoms with Crippen LogP contribution in [0.4, 0.5) is 0 Å². The molecule has 0 unspecified atom stereocenters. The second-order valence-corrected chi connectivity index (χ2v) is 4.74. The number of allylic oxidation sites excluding steroid dienone is 1. The van der Waals surface area contributed by atoms with Crippen LogP contribution in [0.15, 0.2) is 66.2 Å². The van der Waals surface area contributed by atoms with Gasteiger partial charge in [-0.15, -0.1) is 0 Å². The Balaban J connectivity index is 2.10. The molecule has 0 bridgehead atoms. The lowest BCUT2D eigenvalue weighted by atomic mass is 10.1. The maximum Gasteiger partial charge on any atom is 0.341 e. The first kappa shape index (κ1) is 17.1. The lowest BCUT2D eigenvalue weighted by molar-refractivity contribution is -0.139. The van der Waals surface area contributed by atoms with E-state index in [0.717, 1.165) is 6.08 Å². The fraction of sp³-hybridized carbons (Fsp3) is 0.105. The highest BCUT2D eigenvalue weighted by molar-refractivity contribution is 6.16. The van der Waals surface area contributed by atoms with Crippen LogP contribution >= 0.6 is 0 Å². The van der Waals surface area contributed by atoms with Crippen molar-refractivity contribution in [3.05, 3.63) is 71.8 Å². The number of para-hydroxylation sites is 1. The summed E-state index contributed by atoms with van der Waals surface area (Å²) >= 11 is 0. The van der Waals surface area contributed by atoms with Crippen molar-refractivity contribution in [2.45, 2.75) is 6.92 Å². The zero-order chi connectivity index (χ0) is 17.4. The highest BCUT2D eigenvalue weighted by atomic mass is 16.5. The van der Waals surface area contributed by atoms with Crippen LogP contribution in [-0.4, -0.2) is 24.6 Å². The van der Waals surface area contributed by atoms with E-state index in [-0.39, 0.29) is 12.2 Å². The summed E-state index contributed by atoms with van der Waals surface area (Å²) in [6.45, 7) is 1.75. The number of esters is 1. The van der Waals surface area contributed by atoms with Crippen LogP contribution in [0.25, 0.3) is 0 Å². The minimum atomic E-state index is -0.815. The molecule has 5 heteroatoms. The lowest BCUT2D eigenvalue weighted by Gasteiger charge is -2.06. The fourth-order valence-electron chi connectivity index (χ4n) is 1.89. The number of hydrogen-bond donors (Lipinski definition) is 0. The van der Waals surface area contributed by atoms with Gasteiger partial charge in [0.15, 0.2) is 12.1 Å². The van der Waals surface area contributed by atoms with Gasteiger partial charge >= 0.3 is 5.97 Å². The SMILES string of the molecule is CCOC(=O)/C(C=O)=C/C(=O)c1ccc(Oc2ccccc2)cc1. The number of aldehydes is 1. The Labute approximate surface area is 139 Å². The van der Waals surface area contributed by atoms with E-state index < -0.39 is 11.8 Å². The molecule has 24 heavy (non-hydrogen) atoms. The third kappa shape index (κ3) is 4.64. The maximum absolute atomic E-state index is 12.1. The number of ketones is 1. The van der Waals surface area contributed by atoms with Gasteiger partial charge in [0.2, 0.25) is 0 Å². The van der Waals surface area contributed by atoms with E-state index in [0.29, 0.717) is 23.3 Å². The number of benzene rings is 2. The lowest BCUT2D eigenvalue weighted by Crippen LogP contribution is -2.10. The van der Waals surface area contributed by atoms with Gasteiger partial charge in [-0.05, 0) is 43.3 Å². The molecule has 0 aliphatic carbocycles. The Hall–Kier alpha value is -3.21. The zero-order valence-electron chi connectivity index (χ0n) is 13.1. The Bertz CT molecular complexity index is 745. The Kier molecular flexibility index (Phi) is 6.02. The summed E-state index contributed by atoms with van der Waals surface area (Å²) in [4.78, 5) is 34.5. The molecule has 5 nitrogen and oxygen atoms in total. The summed E-state index contributed by atoms with van der Waals surface area (Å²) in [5, 5.41) is 0. The summed E-state index contributed by atoms with van der Waals surface area (Å²) in [5.74, 6) is -0.0222. The number of ether oxygens (including phenoxy) is 2. The fourth-order valence-corrected chi connectivity index (χ4v) is 1.89. The van der Waals surface area contributed by atoms with E-state index >= 15 is 0 Å². The van der Waals surface area contributed by atoms with E-state index in [4.69, 9.17) is 9.47 Å². The van der Waals surface area contributed by atoms with Gasteiger partial charge < -0.3 is 9.47 Å². The highest BCUT2D eigenvalue weighted by Gasteiger charge is 2.13. The van der Waals surface area contributed by atoms with Crippen LogP contribution in [0, 0.1) is 0 Å². The smallest absolute Gasteiger partial charge is 0.341 e. The minimum Gasteiger partial charge on any atom is -0.462 e. The Morgan fingerprint density at radius 1 is 0.958 bits per heavy atom. The summed E-state index contributed by atoms with van der Waals surface area (Å²) in [6.07, 6.45) is 1.28. The normalized spacial score (nSPS) is 10.8. The first-order valence-corrected chi connectivity index (χ1v) is 7.35. The van der Waals surface area contributed by atoms with Crippen molar-refractivity contribution in [1.29, 1.82) is 0 Å². The zero-order valence-corrected chi connectivity index (χ0v) is 13.1. The summed E-state index contributed by atoms with van der Waals surface area (Å²) in [7, 11) is 0. The first-order valence-electron chi connectivity index (χ1n) is 7.35. The molecule has 2 rings (SSSR count). The van der Waals surface area contributed by atoms with Gasteiger partial charge in [-0.1, -0.05) is 18.2 Å². The van der Waals surface area contributed by atoms with Gasteiger partial charge in [0.25, 0.3) is 0 Å². The third-order valence-electron chi connectivity index (χ3n) is 3.04. The summed E-state index contributed by atoms with van der Waals surface area (Å²) < 4.78 is 10.3. The van der Waals surface area contributed by atoms with Gasteiger partial charge in [-0.3, -0.25) is 9.59 Å². The average molecular weight is 324 g/mol. The molecule has 2 aromatic rings. The number of rotatable bonds is 7. The largest absolute Gasteiger partial charge is 0.462 e. The number of carbonyl (C=O) groups excluding carboxylic acids is 3. The molecule has 0 spiro atoms. The van der Waals surface area contributed by atoms with Crippen molar-refractivity contribution in [3.63, 3.8) is 0 Å². The van der Waals surface area contributed by atoms with Crippen LogP contribution in [0.3, 0.4) is 0 Å². The molecule has 2 aromatic carbocycles. The third-order valence-corrected chi connectivity index (χ3v) is 3.04. The molecule has 0 N–H and O–H groups in total. The first-order chi connectivity index (χ1) is 11.6. The van der Waals surface area contributed by atoms with E-state index in [2.05, 4.69) is 0 Å². The molecule has 0 fully saturated rings. The number of hydrogen-bond acceptors (Lipinski definition) is 5. The van der Waals surface area contributed by atoms with Crippen molar-refractivity contribution in [2.24, 2.45) is 0 Å². The van der Waals surface area contributed by atoms with E-state index in [1.165, 1.54) is 0 Å². The molecule has 0 radical (unpaired) electrons. The van der Waals surface area contributed by atoms with Crippen LogP contribution in [-0.2, 0) is 14.3 Å². The molecule has 0 atom stereocenters. The van der Waals surface area contributed by atoms with Gasteiger partial charge in [-0.25, -0.2) is 4.79 Å². The highest BCUT2D eigenvalue weighted by Crippen LogP contribution is 2.21. The van der Waals surface area contributed by atoms with Crippen molar-refractivity contribution >= 4 is 18.0 Å². The van der Waals surface area contributed by atoms with Crippen molar-refractivity contribution in [2.75, 3.05) is 6.61 Å². The minimum absolute atomic E-state index is 0.129. The monoisotopic (exact) mass is 324 g/mol. The van der Waals surface area contributed by atoms with Crippen LogP contribution < -0.4 is 4.74 Å².